The van der Waals surface area contributed by atoms with Crippen molar-refractivity contribution in [3.05, 3.63) is 19.1 Å². The van der Waals surface area contributed by atoms with Crippen molar-refractivity contribution in [1.82, 2.24) is 5.32 Å². The smallest absolute Gasteiger partial charge is 0.00142 e. The molecule has 8 heavy (non-hydrogen) atoms. The summed E-state index contributed by atoms with van der Waals surface area (Å²) in [6.45, 7) is 5.96. The summed E-state index contributed by atoms with van der Waals surface area (Å²) in [6, 6.07) is 0. The van der Waals surface area contributed by atoms with E-state index in [-0.39, 0.29) is 0 Å². The van der Waals surface area contributed by atoms with E-state index in [1.165, 1.54) is 13.0 Å². The van der Waals surface area contributed by atoms with Crippen molar-refractivity contribution in [2.75, 3.05) is 13.1 Å². The lowest BCUT2D eigenvalue weighted by atomic mass is 10.1. The Kier molecular flexibility index (Phi) is 2.10. The van der Waals surface area contributed by atoms with Crippen molar-refractivity contribution in [1.29, 1.82) is 0 Å². The Balaban J connectivity index is 2.14. The summed E-state index contributed by atoms with van der Waals surface area (Å²) < 4.78 is 0. The average molecular weight is 111 g/mol. The standard InChI is InChI=1S/C7H12N/c1-2-3-7-4-5-8-6-7/h2-3,7-8H,1,4-6H2/i6+1. The Morgan fingerprint density at radius 3 is 3.00 bits per heavy atom. The van der Waals surface area contributed by atoms with E-state index in [0.717, 1.165) is 12.5 Å². The van der Waals surface area contributed by atoms with Crippen molar-refractivity contribution in [2.45, 2.75) is 6.42 Å². The fourth-order valence-corrected chi connectivity index (χ4v) is 1.03. The molecule has 0 bridgehead atoms. The van der Waals surface area contributed by atoms with Crippen LogP contribution in [0.3, 0.4) is 0 Å². The van der Waals surface area contributed by atoms with Crippen LogP contribution in [0.15, 0.2) is 12.7 Å². The third-order valence-electron chi connectivity index (χ3n) is 1.51. The second-order valence-corrected chi connectivity index (χ2v) is 2.18. The molecule has 1 aliphatic heterocycles. The molecule has 1 heteroatoms. The fourth-order valence-electron chi connectivity index (χ4n) is 1.03. The van der Waals surface area contributed by atoms with Gasteiger partial charge < -0.3 is 5.32 Å². The number of allylic oxidation sites excluding steroid dienone is 1. The largest absolute Gasteiger partial charge is 0.316 e. The van der Waals surface area contributed by atoms with Gasteiger partial charge in [0.05, 0.1) is 0 Å². The minimum Gasteiger partial charge on any atom is -0.316 e. The van der Waals surface area contributed by atoms with Gasteiger partial charge in [0.1, 0.15) is 0 Å². The van der Waals surface area contributed by atoms with Crippen LogP contribution in [0.1, 0.15) is 6.42 Å². The topological polar surface area (TPSA) is 12.0 Å². The first-order valence-electron chi connectivity index (χ1n) is 3.10. The highest BCUT2D eigenvalue weighted by molar-refractivity contribution is 4.95. The van der Waals surface area contributed by atoms with E-state index < -0.39 is 0 Å². The van der Waals surface area contributed by atoms with E-state index in [1.807, 2.05) is 6.08 Å². The molecule has 45 valence electrons. The number of hydrogen-bond donors (Lipinski definition) is 1. The lowest BCUT2D eigenvalue weighted by molar-refractivity contribution is 0.692. The zero-order valence-electron chi connectivity index (χ0n) is 5.06. The summed E-state index contributed by atoms with van der Waals surface area (Å²) in [5.41, 5.74) is 0. The lowest BCUT2D eigenvalue weighted by Gasteiger charge is -1.99. The summed E-state index contributed by atoms with van der Waals surface area (Å²) in [4.78, 5) is 0. The monoisotopic (exact) mass is 111 g/mol. The Bertz CT molecular complexity index is 72.5. The van der Waals surface area contributed by atoms with Crippen LogP contribution < -0.4 is 5.32 Å². The first-order chi connectivity index (χ1) is 3.93. The van der Waals surface area contributed by atoms with Crippen molar-refractivity contribution >= 4 is 0 Å². The molecule has 1 radical (unpaired) electrons. The fraction of sp³-hybridized carbons (Fsp3) is 0.571. The lowest BCUT2D eigenvalue weighted by Crippen LogP contribution is -2.08. The average Bonchev–Trinajstić information content (AvgIpc) is 2.19. The van der Waals surface area contributed by atoms with Gasteiger partial charge in [0.15, 0.2) is 0 Å². The summed E-state index contributed by atoms with van der Waals surface area (Å²) in [5, 5.41) is 3.28. The minimum atomic E-state index is 0.757. The van der Waals surface area contributed by atoms with Gasteiger partial charge in [-0.1, -0.05) is 6.08 Å². The summed E-state index contributed by atoms with van der Waals surface area (Å²) in [5.74, 6) is 0.757. The summed E-state index contributed by atoms with van der Waals surface area (Å²) >= 11 is 0. The number of nitrogens with one attached hydrogen (secondary N) is 1. The molecule has 0 amide bonds. The first-order valence-corrected chi connectivity index (χ1v) is 3.10. The Labute approximate surface area is 50.8 Å². The van der Waals surface area contributed by atoms with Crippen LogP contribution in [0.25, 0.3) is 0 Å². The predicted octanol–water partition coefficient (Wildman–Crippen LogP) is 0.986. The van der Waals surface area contributed by atoms with E-state index in [1.54, 1.807) is 0 Å². The van der Waals surface area contributed by atoms with E-state index in [0.29, 0.717) is 0 Å². The molecule has 1 unspecified atom stereocenters. The van der Waals surface area contributed by atoms with Crippen molar-refractivity contribution in [3.8, 4) is 0 Å². The number of rotatable bonds is 2. The van der Waals surface area contributed by atoms with E-state index in [9.17, 15) is 0 Å². The maximum absolute atomic E-state index is 3.64. The van der Waals surface area contributed by atoms with Crippen LogP contribution in [0.5, 0.6) is 0 Å². The van der Waals surface area contributed by atoms with Gasteiger partial charge in [0, 0.05) is 0 Å². The molecule has 1 rings (SSSR count). The van der Waals surface area contributed by atoms with Gasteiger partial charge in [-0.15, -0.1) is 6.58 Å². The Hall–Kier alpha value is -0.300. The van der Waals surface area contributed by atoms with Crippen molar-refractivity contribution in [3.63, 3.8) is 0 Å². The van der Waals surface area contributed by atoms with Gasteiger partial charge in [-0.05, 0) is 31.8 Å². The van der Waals surface area contributed by atoms with Gasteiger partial charge in [-0.25, -0.2) is 0 Å². The predicted molar refractivity (Wildman–Crippen MR) is 35.5 cm³/mol. The SMILES string of the molecule is C=C[CH]C1CCN[13CH2]1. The van der Waals surface area contributed by atoms with Crippen LogP contribution >= 0.6 is 0 Å². The van der Waals surface area contributed by atoms with E-state index in [4.69, 9.17) is 0 Å². The Morgan fingerprint density at radius 1 is 1.62 bits per heavy atom. The molecule has 1 saturated heterocycles. The third-order valence-corrected chi connectivity index (χ3v) is 1.51. The molecule has 0 spiro atoms. The first kappa shape index (κ1) is 5.83. The molecular weight excluding hydrogens is 99.1 g/mol. The molecule has 1 fully saturated rings. The number of hydrogen-bond acceptors (Lipinski definition) is 1. The molecule has 0 aliphatic carbocycles. The van der Waals surface area contributed by atoms with Crippen molar-refractivity contribution < 1.29 is 0 Å². The van der Waals surface area contributed by atoms with Crippen LogP contribution in [0.4, 0.5) is 0 Å². The normalized spacial score (nSPS) is 28.2. The van der Waals surface area contributed by atoms with E-state index >= 15 is 0 Å². The minimum absolute atomic E-state index is 0.757. The molecule has 0 aromatic rings. The highest BCUT2D eigenvalue weighted by atomic mass is 15.1. The van der Waals surface area contributed by atoms with Crippen molar-refractivity contribution in [2.24, 2.45) is 5.92 Å². The molecular formula is C7H12N. The second kappa shape index (κ2) is 2.88. The van der Waals surface area contributed by atoms with Crippen LogP contribution in [0.2, 0.25) is 0 Å². The van der Waals surface area contributed by atoms with Gasteiger partial charge in [-0.2, -0.15) is 0 Å². The maximum Gasteiger partial charge on any atom is -0.00142 e. The molecule has 0 aromatic carbocycles. The molecule has 1 N–H and O–H groups in total. The van der Waals surface area contributed by atoms with Gasteiger partial charge >= 0.3 is 0 Å². The quantitative estimate of drug-likeness (QED) is 0.524. The molecule has 1 heterocycles. The van der Waals surface area contributed by atoms with Gasteiger partial charge in [0.25, 0.3) is 0 Å². The zero-order valence-corrected chi connectivity index (χ0v) is 5.06. The summed E-state index contributed by atoms with van der Waals surface area (Å²) in [7, 11) is 0. The van der Waals surface area contributed by atoms with Crippen LogP contribution in [-0.2, 0) is 0 Å². The third kappa shape index (κ3) is 1.34. The highest BCUT2D eigenvalue weighted by Gasteiger charge is 2.11. The molecule has 1 aliphatic rings. The van der Waals surface area contributed by atoms with Gasteiger partial charge in [-0.3, -0.25) is 0 Å². The molecule has 0 aromatic heterocycles. The Morgan fingerprint density at radius 2 is 2.50 bits per heavy atom. The second-order valence-electron chi connectivity index (χ2n) is 2.18. The van der Waals surface area contributed by atoms with Crippen LogP contribution in [0, 0.1) is 12.3 Å². The zero-order chi connectivity index (χ0) is 5.82. The molecule has 0 saturated carbocycles. The van der Waals surface area contributed by atoms with Gasteiger partial charge in [0.2, 0.25) is 0 Å². The molecule has 1 atom stereocenters. The maximum atomic E-state index is 3.64. The summed E-state index contributed by atoms with van der Waals surface area (Å²) in [6.07, 6.45) is 5.34. The van der Waals surface area contributed by atoms with Crippen LogP contribution in [-0.4, -0.2) is 13.1 Å². The van der Waals surface area contributed by atoms with E-state index in [2.05, 4.69) is 18.3 Å². The highest BCUT2D eigenvalue weighted by Crippen LogP contribution is 2.10. The molecule has 1 nitrogen and oxygen atoms in total.